The first-order valence-corrected chi connectivity index (χ1v) is 8.19. The maximum Gasteiger partial charge on any atom is 0.340 e. The third kappa shape index (κ3) is 5.00. The molecule has 128 valence electrons. The first-order chi connectivity index (χ1) is 10.6. The van der Waals surface area contributed by atoms with Gasteiger partial charge in [0.2, 0.25) is 10.0 Å². The Kier molecular flexibility index (Phi) is 6.22. The third-order valence-corrected chi connectivity index (χ3v) is 4.43. The molecule has 0 saturated heterocycles. The highest BCUT2D eigenvalue weighted by Gasteiger charge is 2.27. The highest BCUT2D eigenvalue weighted by atomic mass is 32.2. The lowest BCUT2D eigenvalue weighted by molar-refractivity contribution is -0.139. The molecule has 1 aromatic rings. The second kappa shape index (κ2) is 7.51. The van der Waals surface area contributed by atoms with E-state index in [-0.39, 0.29) is 12.3 Å². The highest BCUT2D eigenvalue weighted by molar-refractivity contribution is 7.89. The number of ether oxygens (including phenoxy) is 1. The van der Waals surface area contributed by atoms with Crippen LogP contribution in [0.5, 0.6) is 0 Å². The van der Waals surface area contributed by atoms with Crippen molar-refractivity contribution in [3.8, 4) is 0 Å². The quantitative estimate of drug-likeness (QED) is 0.721. The van der Waals surface area contributed by atoms with Gasteiger partial charge in [0, 0.05) is 0 Å². The van der Waals surface area contributed by atoms with Gasteiger partial charge in [-0.2, -0.15) is 4.72 Å². The molecule has 0 aromatic heterocycles. The number of halogens is 1. The van der Waals surface area contributed by atoms with Gasteiger partial charge in [-0.15, -0.1) is 0 Å². The van der Waals surface area contributed by atoms with E-state index in [1.54, 1.807) is 13.8 Å². The summed E-state index contributed by atoms with van der Waals surface area (Å²) in [5, 5.41) is 9.07. The topological polar surface area (TPSA) is 110 Å². The largest absolute Gasteiger partial charge is 0.480 e. The number of carbonyl (C=O) groups is 2. The SMILES string of the molecule is COC(=O)c1ccc(S(=O)(=O)N[C@H](CC(C)C)C(=O)O)cc1F. The van der Waals surface area contributed by atoms with Crippen molar-refractivity contribution in [1.82, 2.24) is 4.72 Å². The van der Waals surface area contributed by atoms with Gasteiger partial charge in [-0.05, 0) is 30.5 Å². The normalized spacial score (nSPS) is 12.9. The number of sulfonamides is 1. The fraction of sp³-hybridized carbons (Fsp3) is 0.429. The molecule has 23 heavy (non-hydrogen) atoms. The molecule has 0 unspecified atom stereocenters. The van der Waals surface area contributed by atoms with Crippen LogP contribution in [0.4, 0.5) is 4.39 Å². The molecule has 1 rings (SSSR count). The standard InChI is InChI=1S/C14H18FNO6S/c1-8(2)6-12(13(17)18)16-23(20,21)9-4-5-10(11(15)7-9)14(19)22-3/h4-5,7-8,12,16H,6H2,1-3H3,(H,17,18)/t12-/m1/s1. The Labute approximate surface area is 133 Å². The molecule has 0 aliphatic heterocycles. The smallest absolute Gasteiger partial charge is 0.340 e. The molecule has 2 N–H and O–H groups in total. The number of esters is 1. The van der Waals surface area contributed by atoms with Crippen LogP contribution in [0.25, 0.3) is 0 Å². The first-order valence-electron chi connectivity index (χ1n) is 6.71. The van der Waals surface area contributed by atoms with Crippen LogP contribution in [0.1, 0.15) is 30.6 Å². The van der Waals surface area contributed by atoms with Crippen molar-refractivity contribution in [2.45, 2.75) is 31.2 Å². The zero-order valence-electron chi connectivity index (χ0n) is 12.9. The molecule has 0 amide bonds. The zero-order chi connectivity index (χ0) is 17.8. The van der Waals surface area contributed by atoms with Crippen LogP contribution >= 0.6 is 0 Å². The number of hydrogen-bond donors (Lipinski definition) is 2. The Morgan fingerprint density at radius 1 is 1.35 bits per heavy atom. The average molecular weight is 347 g/mol. The van der Waals surface area contributed by atoms with Crippen LogP contribution in [0, 0.1) is 11.7 Å². The van der Waals surface area contributed by atoms with Crippen LogP contribution in [0.2, 0.25) is 0 Å². The molecule has 9 heteroatoms. The van der Waals surface area contributed by atoms with Gasteiger partial charge in [0.05, 0.1) is 17.6 Å². The van der Waals surface area contributed by atoms with Gasteiger partial charge >= 0.3 is 11.9 Å². The number of rotatable bonds is 7. The molecule has 0 spiro atoms. The first kappa shape index (κ1) is 19.0. The zero-order valence-corrected chi connectivity index (χ0v) is 13.7. The Morgan fingerprint density at radius 2 is 1.96 bits per heavy atom. The number of nitrogens with one attached hydrogen (secondary N) is 1. The summed E-state index contributed by atoms with van der Waals surface area (Å²) in [6, 6.07) is 1.28. The van der Waals surface area contributed by atoms with E-state index in [4.69, 9.17) is 5.11 Å². The molecule has 1 aromatic carbocycles. The molecule has 0 fully saturated rings. The molecule has 0 saturated carbocycles. The number of carboxylic acids is 1. The summed E-state index contributed by atoms with van der Waals surface area (Å²) in [6.45, 7) is 3.49. The second-order valence-electron chi connectivity index (χ2n) is 5.27. The Hall–Kier alpha value is -2.00. The van der Waals surface area contributed by atoms with Crippen molar-refractivity contribution in [2.24, 2.45) is 5.92 Å². The Bertz CT molecular complexity index is 701. The summed E-state index contributed by atoms with van der Waals surface area (Å²) in [4.78, 5) is 21.9. The van der Waals surface area contributed by atoms with E-state index in [2.05, 4.69) is 4.74 Å². The van der Waals surface area contributed by atoms with Gasteiger partial charge in [-0.1, -0.05) is 13.8 Å². The predicted octanol–water partition coefficient (Wildman–Crippen LogP) is 1.39. The minimum Gasteiger partial charge on any atom is -0.480 e. The maximum absolute atomic E-state index is 13.8. The summed E-state index contributed by atoms with van der Waals surface area (Å²) < 4.78 is 44.5. The molecule has 0 bridgehead atoms. The monoisotopic (exact) mass is 347 g/mol. The average Bonchev–Trinajstić information content (AvgIpc) is 2.44. The number of carbonyl (C=O) groups excluding carboxylic acids is 1. The summed E-state index contributed by atoms with van der Waals surface area (Å²) in [5.41, 5.74) is -0.414. The molecule has 0 aliphatic rings. The molecular weight excluding hydrogens is 329 g/mol. The van der Waals surface area contributed by atoms with E-state index in [9.17, 15) is 22.4 Å². The van der Waals surface area contributed by atoms with Crippen LogP contribution < -0.4 is 4.72 Å². The van der Waals surface area contributed by atoms with E-state index in [0.29, 0.717) is 6.07 Å². The Balaban J connectivity index is 3.11. The lowest BCUT2D eigenvalue weighted by atomic mass is 10.1. The molecule has 0 radical (unpaired) electrons. The van der Waals surface area contributed by atoms with Crippen molar-refractivity contribution >= 4 is 22.0 Å². The van der Waals surface area contributed by atoms with Crippen molar-refractivity contribution in [2.75, 3.05) is 7.11 Å². The van der Waals surface area contributed by atoms with Crippen LogP contribution in [-0.4, -0.2) is 38.6 Å². The van der Waals surface area contributed by atoms with Gasteiger partial charge < -0.3 is 9.84 Å². The lowest BCUT2D eigenvalue weighted by Gasteiger charge is -2.16. The van der Waals surface area contributed by atoms with Crippen LogP contribution in [-0.2, 0) is 19.6 Å². The summed E-state index contributed by atoms with van der Waals surface area (Å²) in [6.07, 6.45) is 0.0806. The fourth-order valence-corrected chi connectivity index (χ4v) is 3.08. The van der Waals surface area contributed by atoms with Crippen molar-refractivity contribution < 1.29 is 32.2 Å². The van der Waals surface area contributed by atoms with Gasteiger partial charge in [0.25, 0.3) is 0 Å². The van der Waals surface area contributed by atoms with Crippen molar-refractivity contribution in [1.29, 1.82) is 0 Å². The highest BCUT2D eigenvalue weighted by Crippen LogP contribution is 2.17. The van der Waals surface area contributed by atoms with E-state index in [1.807, 2.05) is 4.72 Å². The second-order valence-corrected chi connectivity index (χ2v) is 6.99. The number of hydrogen-bond acceptors (Lipinski definition) is 5. The van der Waals surface area contributed by atoms with Crippen molar-refractivity contribution in [3.63, 3.8) is 0 Å². The summed E-state index contributed by atoms with van der Waals surface area (Å²) in [5.74, 6) is -3.40. The van der Waals surface area contributed by atoms with E-state index in [1.165, 1.54) is 0 Å². The minimum atomic E-state index is -4.24. The number of carboxylic acid groups (broad SMARTS) is 1. The maximum atomic E-state index is 13.8. The molecule has 7 nitrogen and oxygen atoms in total. The lowest BCUT2D eigenvalue weighted by Crippen LogP contribution is -2.41. The third-order valence-electron chi connectivity index (χ3n) is 2.96. The van der Waals surface area contributed by atoms with Gasteiger partial charge in [0.15, 0.2) is 0 Å². The number of benzene rings is 1. The predicted molar refractivity (Wildman–Crippen MR) is 78.9 cm³/mol. The van der Waals surface area contributed by atoms with E-state index >= 15 is 0 Å². The van der Waals surface area contributed by atoms with Crippen molar-refractivity contribution in [3.05, 3.63) is 29.6 Å². The fourth-order valence-electron chi connectivity index (χ4n) is 1.86. The van der Waals surface area contributed by atoms with Gasteiger partial charge in [0.1, 0.15) is 11.9 Å². The summed E-state index contributed by atoms with van der Waals surface area (Å²) >= 11 is 0. The molecular formula is C14H18FNO6S. The number of methoxy groups -OCH3 is 1. The van der Waals surface area contributed by atoms with E-state index < -0.39 is 44.3 Å². The molecule has 0 aliphatic carbocycles. The van der Waals surface area contributed by atoms with Gasteiger partial charge in [-0.25, -0.2) is 17.6 Å². The molecule has 1 atom stereocenters. The van der Waals surface area contributed by atoms with Gasteiger partial charge in [-0.3, -0.25) is 4.79 Å². The number of aliphatic carboxylic acids is 1. The molecule has 0 heterocycles. The van der Waals surface area contributed by atoms with Crippen LogP contribution in [0.3, 0.4) is 0 Å². The summed E-state index contributed by atoms with van der Waals surface area (Å²) in [7, 11) is -3.18. The minimum absolute atomic E-state index is 0.0581. The Morgan fingerprint density at radius 3 is 2.39 bits per heavy atom. The van der Waals surface area contributed by atoms with Crippen LogP contribution in [0.15, 0.2) is 23.1 Å². The van der Waals surface area contributed by atoms with E-state index in [0.717, 1.165) is 19.2 Å².